The number of hydrogen-bond acceptors (Lipinski definition) is 2. The highest BCUT2D eigenvalue weighted by atomic mass is 35.5. The number of carbonyl (C=O) groups is 1. The summed E-state index contributed by atoms with van der Waals surface area (Å²) in [5, 5.41) is 0.0769. The van der Waals surface area contributed by atoms with Crippen LogP contribution >= 0.6 is 11.6 Å². The van der Waals surface area contributed by atoms with Crippen molar-refractivity contribution >= 4 is 17.5 Å². The van der Waals surface area contributed by atoms with Crippen LogP contribution in [0, 0.1) is 5.92 Å². The van der Waals surface area contributed by atoms with Gasteiger partial charge in [0, 0.05) is 18.8 Å². The second kappa shape index (κ2) is 5.60. The van der Waals surface area contributed by atoms with E-state index in [9.17, 15) is 9.59 Å². The molecule has 20 heavy (non-hydrogen) atoms. The van der Waals surface area contributed by atoms with Crippen molar-refractivity contribution in [2.45, 2.75) is 44.6 Å². The third-order valence-electron chi connectivity index (χ3n) is 4.61. The minimum Gasteiger partial charge on any atom is -0.335 e. The van der Waals surface area contributed by atoms with Crippen molar-refractivity contribution in [3.8, 4) is 0 Å². The number of aromatic amines is 1. The summed E-state index contributed by atoms with van der Waals surface area (Å²) in [5.74, 6) is 0.652. The van der Waals surface area contributed by atoms with Gasteiger partial charge in [-0.1, -0.05) is 24.4 Å². The lowest BCUT2D eigenvalue weighted by molar-refractivity contribution is 0.0390. The first-order valence-electron chi connectivity index (χ1n) is 7.36. The van der Waals surface area contributed by atoms with E-state index in [2.05, 4.69) is 4.98 Å². The Morgan fingerprint density at radius 2 is 2.00 bits per heavy atom. The maximum atomic E-state index is 12.7. The maximum Gasteiger partial charge on any atom is 0.266 e. The number of nitrogens with zero attached hydrogens (tertiary/aromatic N) is 1. The van der Waals surface area contributed by atoms with Gasteiger partial charge in [-0.05, 0) is 37.7 Å². The average molecular weight is 295 g/mol. The number of hydrogen-bond donors (Lipinski definition) is 1. The van der Waals surface area contributed by atoms with Crippen molar-refractivity contribution < 1.29 is 4.79 Å². The fourth-order valence-electron chi connectivity index (χ4n) is 3.62. The molecule has 0 unspecified atom stereocenters. The van der Waals surface area contributed by atoms with E-state index in [1.54, 1.807) is 0 Å². The predicted molar refractivity (Wildman–Crippen MR) is 78.1 cm³/mol. The molecule has 1 N–H and O–H groups in total. The van der Waals surface area contributed by atoms with E-state index in [-0.39, 0.29) is 16.5 Å². The largest absolute Gasteiger partial charge is 0.335 e. The third-order valence-corrected chi connectivity index (χ3v) is 4.89. The van der Waals surface area contributed by atoms with E-state index in [0.717, 1.165) is 19.4 Å². The molecule has 0 spiro atoms. The molecule has 2 fully saturated rings. The topological polar surface area (TPSA) is 53.2 Å². The summed E-state index contributed by atoms with van der Waals surface area (Å²) in [6.45, 7) is 0.816. The molecule has 2 heterocycles. The van der Waals surface area contributed by atoms with E-state index in [1.807, 2.05) is 4.90 Å². The predicted octanol–water partition coefficient (Wildman–Crippen LogP) is 2.82. The molecule has 108 valence electrons. The number of nitrogens with one attached hydrogen (secondary N) is 1. The zero-order valence-electron chi connectivity index (χ0n) is 11.4. The van der Waals surface area contributed by atoms with Crippen LogP contribution in [0.1, 0.15) is 48.9 Å². The summed E-state index contributed by atoms with van der Waals surface area (Å²) in [5.41, 5.74) is 0.137. The van der Waals surface area contributed by atoms with Crippen molar-refractivity contribution in [1.82, 2.24) is 9.88 Å². The number of aromatic nitrogens is 1. The number of halogens is 1. The Bertz CT molecular complexity index is 567. The summed E-state index contributed by atoms with van der Waals surface area (Å²) in [6.07, 6.45) is 8.62. The van der Waals surface area contributed by atoms with Gasteiger partial charge in [0.05, 0.1) is 5.56 Å². The highest BCUT2D eigenvalue weighted by Crippen LogP contribution is 2.35. The second-order valence-electron chi connectivity index (χ2n) is 5.82. The summed E-state index contributed by atoms with van der Waals surface area (Å²) in [4.78, 5) is 28.5. The average Bonchev–Trinajstić information content (AvgIpc) is 2.49. The van der Waals surface area contributed by atoms with Crippen molar-refractivity contribution in [3.05, 3.63) is 33.2 Å². The standard InChI is InChI=1S/C15H19ClN2O2/c16-12-8-11(9-17-14(12)19)15(20)18-7-3-5-10-4-1-2-6-13(10)18/h8-10,13H,1-7H2,(H,17,19)/t10-,13+/m0/s1. The minimum absolute atomic E-state index is 0.000231. The number of likely N-dealkylation sites (tertiary alicyclic amines) is 1. The molecule has 0 radical (unpaired) electrons. The summed E-state index contributed by atoms with van der Waals surface area (Å²) < 4.78 is 0. The van der Waals surface area contributed by atoms with Crippen molar-refractivity contribution in [1.29, 1.82) is 0 Å². The first kappa shape index (κ1) is 13.7. The number of fused-ring (bicyclic) bond motifs is 1. The van der Waals surface area contributed by atoms with E-state index in [0.29, 0.717) is 17.5 Å². The Labute approximate surface area is 123 Å². The second-order valence-corrected chi connectivity index (χ2v) is 6.23. The first-order chi connectivity index (χ1) is 9.66. The van der Waals surface area contributed by atoms with Crippen molar-refractivity contribution in [2.24, 2.45) is 5.92 Å². The third kappa shape index (κ3) is 2.49. The SMILES string of the molecule is O=C(c1c[nH]c(=O)c(Cl)c1)N1CCC[C@@H]2CCCC[C@H]21. The van der Waals surface area contributed by atoms with Gasteiger partial charge in [-0.15, -0.1) is 0 Å². The monoisotopic (exact) mass is 294 g/mol. The van der Waals surface area contributed by atoms with Crippen LogP contribution in [0.5, 0.6) is 0 Å². The van der Waals surface area contributed by atoms with Crippen LogP contribution in [0.2, 0.25) is 5.02 Å². The summed E-state index contributed by atoms with van der Waals surface area (Å²) in [6, 6.07) is 1.85. The van der Waals surface area contributed by atoms with Gasteiger partial charge in [0.15, 0.2) is 0 Å². The quantitative estimate of drug-likeness (QED) is 0.866. The van der Waals surface area contributed by atoms with Crippen LogP contribution < -0.4 is 5.56 Å². The molecule has 4 nitrogen and oxygen atoms in total. The lowest BCUT2D eigenvalue weighted by atomic mass is 9.78. The fraction of sp³-hybridized carbons (Fsp3) is 0.600. The van der Waals surface area contributed by atoms with Crippen LogP contribution in [0.4, 0.5) is 0 Å². The van der Waals surface area contributed by atoms with Gasteiger partial charge in [-0.2, -0.15) is 0 Å². The molecule has 1 aliphatic heterocycles. The smallest absolute Gasteiger partial charge is 0.266 e. The van der Waals surface area contributed by atoms with Crippen LogP contribution in [0.3, 0.4) is 0 Å². The molecule has 0 bridgehead atoms. The molecule has 1 aliphatic carbocycles. The molecule has 2 aliphatic rings. The highest BCUT2D eigenvalue weighted by Gasteiger charge is 2.36. The molecule has 5 heteroatoms. The lowest BCUT2D eigenvalue weighted by Gasteiger charge is -2.44. The maximum absolute atomic E-state index is 12.7. The Morgan fingerprint density at radius 1 is 1.25 bits per heavy atom. The summed E-state index contributed by atoms with van der Waals surface area (Å²) >= 11 is 5.82. The van der Waals surface area contributed by atoms with E-state index >= 15 is 0 Å². The van der Waals surface area contributed by atoms with Gasteiger partial charge in [0.2, 0.25) is 0 Å². The Kier molecular flexibility index (Phi) is 3.83. The van der Waals surface area contributed by atoms with Crippen LogP contribution in [0.15, 0.2) is 17.1 Å². The lowest BCUT2D eigenvalue weighted by Crippen LogP contribution is -2.49. The van der Waals surface area contributed by atoms with Crippen molar-refractivity contribution in [2.75, 3.05) is 6.54 Å². The Balaban J connectivity index is 1.84. The minimum atomic E-state index is -0.350. The number of piperidine rings is 1. The zero-order valence-corrected chi connectivity index (χ0v) is 12.2. The molecule has 1 aromatic heterocycles. The molecule has 2 atom stereocenters. The van der Waals surface area contributed by atoms with Crippen LogP contribution in [-0.4, -0.2) is 28.4 Å². The molecular weight excluding hydrogens is 276 g/mol. The Hall–Kier alpha value is -1.29. The number of H-pyrrole nitrogens is 1. The first-order valence-corrected chi connectivity index (χ1v) is 7.74. The van der Waals surface area contributed by atoms with E-state index in [4.69, 9.17) is 11.6 Å². The molecule has 1 aromatic rings. The number of pyridine rings is 1. The van der Waals surface area contributed by atoms with Crippen LogP contribution in [0.25, 0.3) is 0 Å². The molecule has 0 aromatic carbocycles. The zero-order chi connectivity index (χ0) is 14.1. The number of carbonyl (C=O) groups excluding carboxylic acids is 1. The number of amides is 1. The van der Waals surface area contributed by atoms with Gasteiger partial charge in [0.1, 0.15) is 5.02 Å². The van der Waals surface area contributed by atoms with Gasteiger partial charge in [0.25, 0.3) is 11.5 Å². The van der Waals surface area contributed by atoms with Crippen molar-refractivity contribution in [3.63, 3.8) is 0 Å². The Morgan fingerprint density at radius 3 is 2.80 bits per heavy atom. The van der Waals surface area contributed by atoms with E-state index in [1.165, 1.54) is 37.9 Å². The van der Waals surface area contributed by atoms with Gasteiger partial charge in [-0.25, -0.2) is 0 Å². The molecular formula is C15H19ClN2O2. The molecule has 1 saturated carbocycles. The normalized spacial score (nSPS) is 26.1. The molecule has 1 saturated heterocycles. The van der Waals surface area contributed by atoms with Gasteiger partial charge < -0.3 is 9.88 Å². The number of rotatable bonds is 1. The van der Waals surface area contributed by atoms with E-state index < -0.39 is 0 Å². The molecule has 3 rings (SSSR count). The fourth-order valence-corrected chi connectivity index (χ4v) is 3.79. The molecule has 1 amide bonds. The van der Waals surface area contributed by atoms with Gasteiger partial charge >= 0.3 is 0 Å². The van der Waals surface area contributed by atoms with Crippen LogP contribution in [-0.2, 0) is 0 Å². The highest BCUT2D eigenvalue weighted by molar-refractivity contribution is 6.30. The summed E-state index contributed by atoms with van der Waals surface area (Å²) in [7, 11) is 0. The van der Waals surface area contributed by atoms with Gasteiger partial charge in [-0.3, -0.25) is 9.59 Å².